The van der Waals surface area contributed by atoms with Gasteiger partial charge < -0.3 is 14.6 Å². The van der Waals surface area contributed by atoms with Crippen LogP contribution in [-0.2, 0) is 4.79 Å². The van der Waals surface area contributed by atoms with Crippen molar-refractivity contribution in [2.45, 2.75) is 26.8 Å². The largest absolute Gasteiger partial charge is 0.463 e. The van der Waals surface area contributed by atoms with E-state index in [4.69, 9.17) is 4.42 Å². The van der Waals surface area contributed by atoms with Crippen molar-refractivity contribution in [3.05, 3.63) is 71.1 Å². The van der Waals surface area contributed by atoms with Crippen LogP contribution < -0.4 is 5.32 Å². The summed E-state index contributed by atoms with van der Waals surface area (Å²) in [6.45, 7) is 5.79. The number of carbonyl (C=O) groups is 2. The molecule has 2 amide bonds. The summed E-state index contributed by atoms with van der Waals surface area (Å²) in [6, 6.07) is 12.4. The number of aromatic nitrogens is 1. The minimum Gasteiger partial charge on any atom is -0.463 e. The lowest BCUT2D eigenvalue weighted by Crippen LogP contribution is -2.44. The summed E-state index contributed by atoms with van der Waals surface area (Å²) in [5, 5.41) is 3.00. The molecule has 0 bridgehead atoms. The van der Waals surface area contributed by atoms with Crippen molar-refractivity contribution in [1.82, 2.24) is 9.88 Å². The van der Waals surface area contributed by atoms with E-state index in [1.807, 2.05) is 38.1 Å². The molecule has 3 aromatic rings. The van der Waals surface area contributed by atoms with Crippen LogP contribution in [0.5, 0.6) is 0 Å². The molecule has 1 saturated heterocycles. The number of amides is 2. The number of benzene rings is 1. The second kappa shape index (κ2) is 8.36. The van der Waals surface area contributed by atoms with E-state index in [1.165, 1.54) is 0 Å². The van der Waals surface area contributed by atoms with E-state index in [2.05, 4.69) is 10.3 Å². The predicted octanol–water partition coefficient (Wildman–Crippen LogP) is 4.42. The molecule has 6 nitrogen and oxygen atoms in total. The Hall–Kier alpha value is -3.06. The van der Waals surface area contributed by atoms with E-state index in [0.29, 0.717) is 34.3 Å². The predicted molar refractivity (Wildman–Crippen MR) is 119 cm³/mol. The number of thioether (sulfide) groups is 1. The molecular weight excluding hydrogens is 398 g/mol. The van der Waals surface area contributed by atoms with Crippen molar-refractivity contribution in [2.75, 3.05) is 16.9 Å². The van der Waals surface area contributed by atoms with Gasteiger partial charge in [-0.05, 0) is 62.2 Å². The maximum absolute atomic E-state index is 13.2. The minimum absolute atomic E-state index is 0.167. The Morgan fingerprint density at radius 1 is 1.13 bits per heavy atom. The van der Waals surface area contributed by atoms with Crippen molar-refractivity contribution in [2.24, 2.45) is 0 Å². The Kier molecular flexibility index (Phi) is 5.63. The summed E-state index contributed by atoms with van der Waals surface area (Å²) in [5.74, 6) is 1.35. The smallest absolute Gasteiger partial charge is 0.257 e. The molecule has 0 radical (unpaired) electrons. The van der Waals surface area contributed by atoms with E-state index in [1.54, 1.807) is 48.0 Å². The number of anilines is 1. The monoisotopic (exact) mass is 421 g/mol. The van der Waals surface area contributed by atoms with Gasteiger partial charge in [0.15, 0.2) is 5.76 Å². The third kappa shape index (κ3) is 3.85. The van der Waals surface area contributed by atoms with Crippen LogP contribution >= 0.6 is 11.8 Å². The van der Waals surface area contributed by atoms with Crippen molar-refractivity contribution < 1.29 is 14.0 Å². The SMILES string of the molecule is Cc1cccc(NC(=O)[C@@H]2CSCN2C(=O)c2ccc(-c3ccco3)nc2C)c1C. The fourth-order valence-corrected chi connectivity index (χ4v) is 4.62. The average Bonchev–Trinajstić information content (AvgIpc) is 3.43. The van der Waals surface area contributed by atoms with Gasteiger partial charge in [-0.25, -0.2) is 4.98 Å². The first kappa shape index (κ1) is 20.2. The van der Waals surface area contributed by atoms with E-state index >= 15 is 0 Å². The number of aryl methyl sites for hydroxylation is 2. The van der Waals surface area contributed by atoms with E-state index in [0.717, 1.165) is 16.8 Å². The normalized spacial score (nSPS) is 16.0. The summed E-state index contributed by atoms with van der Waals surface area (Å²) in [7, 11) is 0. The fourth-order valence-electron chi connectivity index (χ4n) is 3.47. The van der Waals surface area contributed by atoms with Gasteiger partial charge in [-0.2, -0.15) is 0 Å². The zero-order valence-electron chi connectivity index (χ0n) is 17.1. The molecular formula is C23H23N3O3S. The fraction of sp³-hybridized carbons (Fsp3) is 0.261. The van der Waals surface area contributed by atoms with Gasteiger partial charge in [0.25, 0.3) is 5.91 Å². The highest BCUT2D eigenvalue weighted by molar-refractivity contribution is 7.99. The zero-order valence-corrected chi connectivity index (χ0v) is 18.0. The first-order valence-corrected chi connectivity index (χ1v) is 10.9. The van der Waals surface area contributed by atoms with Crippen molar-refractivity contribution in [3.63, 3.8) is 0 Å². The molecule has 4 rings (SSSR count). The third-order valence-electron chi connectivity index (χ3n) is 5.40. The molecule has 1 atom stereocenters. The summed E-state index contributed by atoms with van der Waals surface area (Å²) in [4.78, 5) is 32.3. The second-order valence-electron chi connectivity index (χ2n) is 7.33. The van der Waals surface area contributed by atoms with Crippen LogP contribution in [0.3, 0.4) is 0 Å². The van der Waals surface area contributed by atoms with Crippen LogP contribution in [0, 0.1) is 20.8 Å². The minimum atomic E-state index is -0.522. The van der Waals surface area contributed by atoms with Crippen molar-refractivity contribution in [1.29, 1.82) is 0 Å². The van der Waals surface area contributed by atoms with Crippen LogP contribution in [0.4, 0.5) is 5.69 Å². The second-order valence-corrected chi connectivity index (χ2v) is 8.33. The number of hydrogen-bond acceptors (Lipinski definition) is 5. The first-order valence-electron chi connectivity index (χ1n) is 9.73. The number of carbonyl (C=O) groups excluding carboxylic acids is 2. The molecule has 7 heteroatoms. The topological polar surface area (TPSA) is 75.4 Å². The lowest BCUT2D eigenvalue weighted by molar-refractivity contribution is -0.119. The highest BCUT2D eigenvalue weighted by atomic mass is 32.2. The Bertz CT molecular complexity index is 1100. The van der Waals surface area contributed by atoms with E-state index in [-0.39, 0.29) is 11.8 Å². The summed E-state index contributed by atoms with van der Waals surface area (Å²) >= 11 is 1.58. The molecule has 0 saturated carbocycles. The molecule has 1 fully saturated rings. The standard InChI is InChI=1S/C23H23N3O3S/c1-14-6-4-7-18(15(14)2)25-22(27)20-12-30-13-26(20)23(28)17-9-10-19(24-16(17)3)21-8-5-11-29-21/h4-11,20H,12-13H2,1-3H3,(H,25,27)/t20-/m0/s1. The molecule has 0 aliphatic carbocycles. The van der Waals surface area contributed by atoms with Crippen LogP contribution in [-0.4, -0.2) is 39.4 Å². The van der Waals surface area contributed by atoms with Crippen LogP contribution in [0.1, 0.15) is 27.2 Å². The van der Waals surface area contributed by atoms with Crippen LogP contribution in [0.15, 0.2) is 53.1 Å². The molecule has 1 N–H and O–H groups in total. The number of nitrogens with one attached hydrogen (secondary N) is 1. The molecule has 1 aromatic carbocycles. The number of nitrogens with zero attached hydrogens (tertiary/aromatic N) is 2. The number of hydrogen-bond donors (Lipinski definition) is 1. The van der Waals surface area contributed by atoms with Gasteiger partial charge in [-0.15, -0.1) is 11.8 Å². The summed E-state index contributed by atoms with van der Waals surface area (Å²) in [5.41, 5.74) is 4.71. The van der Waals surface area contributed by atoms with Crippen LogP contribution in [0.25, 0.3) is 11.5 Å². The number of pyridine rings is 1. The number of rotatable bonds is 4. The quantitative estimate of drug-likeness (QED) is 0.675. The van der Waals surface area contributed by atoms with E-state index in [9.17, 15) is 9.59 Å². The van der Waals surface area contributed by atoms with Gasteiger partial charge in [0.1, 0.15) is 11.7 Å². The summed E-state index contributed by atoms with van der Waals surface area (Å²) in [6.07, 6.45) is 1.59. The Balaban J connectivity index is 1.53. The molecule has 2 aromatic heterocycles. The van der Waals surface area contributed by atoms with Gasteiger partial charge >= 0.3 is 0 Å². The Labute approximate surface area is 179 Å². The molecule has 3 heterocycles. The van der Waals surface area contributed by atoms with Gasteiger partial charge in [-0.1, -0.05) is 12.1 Å². The average molecular weight is 422 g/mol. The molecule has 1 aliphatic rings. The first-order chi connectivity index (χ1) is 14.5. The van der Waals surface area contributed by atoms with Gasteiger partial charge in [-0.3, -0.25) is 9.59 Å². The van der Waals surface area contributed by atoms with Crippen molar-refractivity contribution in [3.8, 4) is 11.5 Å². The zero-order chi connectivity index (χ0) is 21.3. The van der Waals surface area contributed by atoms with Gasteiger partial charge in [0.2, 0.25) is 5.91 Å². The lowest BCUT2D eigenvalue weighted by atomic mass is 10.1. The molecule has 30 heavy (non-hydrogen) atoms. The van der Waals surface area contributed by atoms with Crippen molar-refractivity contribution >= 4 is 29.3 Å². The van der Waals surface area contributed by atoms with Gasteiger partial charge in [0, 0.05) is 11.4 Å². The van der Waals surface area contributed by atoms with E-state index < -0.39 is 6.04 Å². The Morgan fingerprint density at radius 3 is 2.70 bits per heavy atom. The van der Waals surface area contributed by atoms with Crippen LogP contribution in [0.2, 0.25) is 0 Å². The highest BCUT2D eigenvalue weighted by Gasteiger charge is 2.36. The van der Waals surface area contributed by atoms with Gasteiger partial charge in [0.05, 0.1) is 23.4 Å². The highest BCUT2D eigenvalue weighted by Crippen LogP contribution is 2.27. The summed E-state index contributed by atoms with van der Waals surface area (Å²) < 4.78 is 5.38. The maximum atomic E-state index is 13.2. The lowest BCUT2D eigenvalue weighted by Gasteiger charge is -2.24. The maximum Gasteiger partial charge on any atom is 0.257 e. The molecule has 154 valence electrons. The molecule has 1 aliphatic heterocycles. The number of furan rings is 1. The Morgan fingerprint density at radius 2 is 1.97 bits per heavy atom. The molecule has 0 unspecified atom stereocenters. The third-order valence-corrected chi connectivity index (χ3v) is 6.41. The molecule has 0 spiro atoms.